The van der Waals surface area contributed by atoms with Crippen LogP contribution in [0.4, 0.5) is 17.5 Å². The minimum absolute atomic E-state index is 0. The van der Waals surface area contributed by atoms with E-state index in [2.05, 4.69) is 246 Å². The number of nitrogens with two attached hydrogens (primary N) is 3. The molecule has 12 N–H and O–H groups in total. The number of aromatic amines is 5. The van der Waals surface area contributed by atoms with Gasteiger partial charge in [-0.25, -0.2) is 0 Å². The van der Waals surface area contributed by atoms with Gasteiger partial charge in [-0.05, 0) is 310 Å². The van der Waals surface area contributed by atoms with Crippen LogP contribution in [0, 0.1) is 135 Å². The largest absolute Gasteiger partial charge is 0.466 e. The fraction of sp³-hybridized carbons (Fsp3) is 0.794. The molecule has 724 valence electrons. The molecular formula is C107H164ClI3N11O8-. The summed E-state index contributed by atoms with van der Waals surface area (Å²) in [7, 11) is 0. The van der Waals surface area contributed by atoms with Gasteiger partial charge >= 0.3 is 62.4 Å². The number of ketones is 1. The van der Waals surface area contributed by atoms with E-state index in [1.54, 1.807) is 16.7 Å². The molecule has 2 saturated heterocycles. The zero-order valence-corrected chi connectivity index (χ0v) is 88.7. The van der Waals surface area contributed by atoms with Crippen LogP contribution >= 0.6 is 48.8 Å². The molecule has 10 unspecified atom stereocenters. The van der Waals surface area contributed by atoms with Crippen LogP contribution in [0.1, 0.15) is 379 Å². The topological polar surface area (TPSA) is 320 Å². The van der Waals surface area contributed by atoms with Gasteiger partial charge < -0.3 is 36.9 Å². The number of hydrogen-bond acceptors (Lipinski definition) is 14. The molecule has 15 aliphatic carbocycles. The SMILES string of the molecule is C.C.CC1(C)CC[C@]2(C(=O)C3CCOC3=O)CC[C@]3(C)C(=CCC4[C@@]5(C)Cc6c(N)n[nH]c6C(C)(C)C5CC[C@]43C)C2C1.CC1(C)CC[C@]2(C(=O)Cl)CC[C@]3(C)C(=CCC4[C@@]5(C)Cc6c(N)n[nH]c6C(C)(C)C5CC[C@]43C)C2C1.CC1(C)CC[C@]2(c3[nH][nH]c(=O)c3CCO)CC[C@]3(C)C(=CCC4[C@@]5(C)Cc6c(N)n[nH]c6C(C)(C)C5CC[C@]43C)C2C1.I[I-]I.O=C1CCCO1. The second-order valence-electron chi connectivity index (χ2n) is 51.1. The first-order valence-electron chi connectivity index (χ1n) is 49.6. The predicted octanol–water partition coefficient (Wildman–Crippen LogP) is 21.2. The Morgan fingerprint density at radius 2 is 0.831 bits per heavy atom. The summed E-state index contributed by atoms with van der Waals surface area (Å²) in [6.45, 7) is 53.2. The number of halogens is 4. The molecule has 0 bridgehead atoms. The number of aliphatic hydroxyl groups excluding tert-OH is 1. The minimum atomic E-state index is -0.566. The minimum Gasteiger partial charge on any atom is -0.466 e. The van der Waals surface area contributed by atoms with Crippen molar-refractivity contribution in [2.24, 2.45) is 135 Å². The molecule has 0 radical (unpaired) electrons. The summed E-state index contributed by atoms with van der Waals surface area (Å²) in [5.74, 6) is 5.67. The average molecular weight is 2150 g/mol. The van der Waals surface area contributed by atoms with Gasteiger partial charge in [-0.2, -0.15) is 15.3 Å². The van der Waals surface area contributed by atoms with Crippen LogP contribution in [0.5, 0.6) is 0 Å². The summed E-state index contributed by atoms with van der Waals surface area (Å²) in [6.07, 6.45) is 39.7. The fourth-order valence-corrected chi connectivity index (χ4v) is 36.3. The number of aromatic nitrogens is 8. The van der Waals surface area contributed by atoms with Crippen LogP contribution in [0.15, 0.2) is 39.7 Å². The van der Waals surface area contributed by atoms with Gasteiger partial charge in [0.1, 0.15) is 23.4 Å². The smallest absolute Gasteiger partial charge is 0.305 e. The molecule has 0 aromatic carbocycles. The molecule has 6 heterocycles. The van der Waals surface area contributed by atoms with Gasteiger partial charge in [-0.3, -0.25) is 44.4 Å². The number of ether oxygens (including phenoxy) is 2. The number of aliphatic hydroxyl groups is 1. The van der Waals surface area contributed by atoms with Crippen LogP contribution < -0.4 is 36.0 Å². The summed E-state index contributed by atoms with van der Waals surface area (Å²) < 4.78 is 9.84. The number of allylic oxidation sites excluding steroid dienone is 6. The number of carbonyl (C=O) groups is 4. The van der Waals surface area contributed by atoms with Gasteiger partial charge in [0.25, 0.3) is 5.56 Å². The van der Waals surface area contributed by atoms with Crippen molar-refractivity contribution in [3.05, 3.63) is 90.3 Å². The second-order valence-corrected chi connectivity index (χ2v) is 67.7. The number of nitrogen functional groups attached to an aromatic ring is 3. The summed E-state index contributed by atoms with van der Waals surface area (Å²) in [5.41, 5.74) is 34.6. The van der Waals surface area contributed by atoms with Gasteiger partial charge in [0, 0.05) is 98.0 Å². The molecule has 130 heavy (non-hydrogen) atoms. The Labute approximate surface area is 813 Å². The number of hydrogen-bond donors (Lipinski definition) is 9. The van der Waals surface area contributed by atoms with E-state index >= 15 is 0 Å². The Bertz CT molecular complexity index is 5230. The van der Waals surface area contributed by atoms with Crippen molar-refractivity contribution in [3.63, 3.8) is 0 Å². The van der Waals surface area contributed by atoms with Crippen molar-refractivity contribution in [1.82, 2.24) is 40.8 Å². The first kappa shape index (κ1) is 100. The van der Waals surface area contributed by atoms with Crippen molar-refractivity contribution in [2.75, 3.05) is 37.0 Å². The summed E-state index contributed by atoms with van der Waals surface area (Å²) in [4.78, 5) is 63.1. The van der Waals surface area contributed by atoms with E-state index in [0.717, 1.165) is 153 Å². The number of fused-ring (bicyclic) bond motifs is 24. The predicted molar refractivity (Wildman–Crippen MR) is 535 cm³/mol. The molecule has 21 rings (SSSR count). The quantitative estimate of drug-likeness (QED) is 0.0285. The first-order valence-corrected chi connectivity index (χ1v) is 62.6. The fourth-order valence-electron chi connectivity index (χ4n) is 36.0. The van der Waals surface area contributed by atoms with Gasteiger partial charge in [-0.1, -0.05) is 195 Å². The van der Waals surface area contributed by atoms with Crippen molar-refractivity contribution in [3.8, 4) is 0 Å². The Morgan fingerprint density at radius 1 is 0.469 bits per heavy atom. The van der Waals surface area contributed by atoms with E-state index in [1.807, 2.05) is 0 Å². The Hall–Kier alpha value is -4.02. The molecule has 22 atom stereocenters. The number of nitrogens with zero attached hydrogens (tertiary/aromatic N) is 3. The number of esters is 2. The number of H-pyrrole nitrogens is 5. The van der Waals surface area contributed by atoms with E-state index in [9.17, 15) is 29.1 Å². The normalized spacial score (nSPS) is 41.8. The third kappa shape index (κ3) is 14.5. The number of cyclic esters (lactones) is 2. The molecule has 4 aromatic rings. The van der Waals surface area contributed by atoms with Crippen LogP contribution in [0.2, 0.25) is 0 Å². The maximum Gasteiger partial charge on any atom is 0.305 e. The number of nitrogens with one attached hydrogen (secondary N) is 5. The Morgan fingerprint density at radius 3 is 1.20 bits per heavy atom. The van der Waals surface area contributed by atoms with Crippen LogP contribution in [0.25, 0.3) is 0 Å². The molecule has 2 aliphatic heterocycles. The third-order valence-electron chi connectivity index (χ3n) is 43.3. The summed E-state index contributed by atoms with van der Waals surface area (Å²) in [5, 5.41) is 39.6. The number of anilines is 3. The standard InChI is InChI=1S/C35H53N5O2.C35H51N3O3.C31H46ClN3O.C4H6O2.2CH4.I3/c1-30(2)13-15-35(27-20(11-17-41)29(42)40-38-27)16-14-33(6)22(23(35)19-30)8-9-25-32(5)18-21-26(37-39-28(21)36)31(3,4)24(32)10-12-34(25,33)7;1-30(2)13-15-35(27(39)20-11-17-41-29(20)40)16-14-33(6)22(23(35)19-30)8-9-25-32(5)18-21-26(37-38-28(21)36)31(3,4)24(32)10-12-34(25,33)7;1-26(2)12-14-31(25(32)36)15-13-29(6)19(20(31)17-26)8-9-22-28(5)16-18-23(34-35-24(18)33)27(3,4)21(28)10-11-30(22,29)7;5-4-2-1-3-6-4;;;1-3-2/h8,23-25,41H,9-19H2,1-7H3,(H3,36,37,39)(H2,38,40,42);8,20,23-25H,9-19H2,1-7H3,(H3,36,37,38);8,20-22H,9-17H2,1-7H3,(H3,33,34,35);1-3H2;2*1H4;/q;;;;;;-1/t23?,24?,25?,32-,33+,34+,35-;20?,23?,24?,25?,32-,33+,34+,35-;20?,21?,22?,28-,29+,30+,31-;;;;/m000..../s1. The van der Waals surface area contributed by atoms with Crippen LogP contribution in [-0.4, -0.2) is 88.7 Å². The van der Waals surface area contributed by atoms with E-state index in [0.29, 0.717) is 105 Å². The molecule has 19 nitrogen and oxygen atoms in total. The van der Waals surface area contributed by atoms with E-state index < -0.39 is 11.3 Å². The zero-order valence-electron chi connectivity index (χ0n) is 81.4. The maximum absolute atomic E-state index is 14.4. The molecule has 4 aromatic heterocycles. The van der Waals surface area contributed by atoms with E-state index in [4.69, 9.17) is 33.5 Å². The van der Waals surface area contributed by atoms with Crippen LogP contribution in [0.3, 0.4) is 0 Å². The molecule has 23 heteroatoms. The van der Waals surface area contributed by atoms with Gasteiger partial charge in [0.05, 0.1) is 18.6 Å². The molecule has 9 saturated carbocycles. The molecule has 17 aliphatic rings. The van der Waals surface area contributed by atoms with Crippen molar-refractivity contribution >= 4 is 89.3 Å². The van der Waals surface area contributed by atoms with Gasteiger partial charge in [0.2, 0.25) is 5.24 Å². The summed E-state index contributed by atoms with van der Waals surface area (Å²) in [6, 6.07) is 0. The molecule has 0 amide bonds. The van der Waals surface area contributed by atoms with E-state index in [1.165, 1.54) is 72.3 Å². The first-order chi connectivity index (χ1) is 59.7. The summed E-state index contributed by atoms with van der Waals surface area (Å²) >= 11 is 11.8. The number of Topliss-reactive ketones (excluding diaryl/α,β-unsaturated/α-hetero) is 1. The van der Waals surface area contributed by atoms with Gasteiger partial charge in [0.15, 0.2) is 5.78 Å². The average Bonchev–Trinajstić information content (AvgIpc) is 0.976. The number of carbonyl (C=O) groups excluding carboxylic acids is 4. The van der Waals surface area contributed by atoms with E-state index in [-0.39, 0.29) is 154 Å². The monoisotopic (exact) mass is 2150 g/mol. The van der Waals surface area contributed by atoms with Crippen molar-refractivity contribution < 1.29 is 47.0 Å². The Balaban J connectivity index is 0.000000142. The van der Waals surface area contributed by atoms with Crippen LogP contribution in [-0.2, 0) is 76.0 Å². The zero-order chi connectivity index (χ0) is 92.7. The maximum atomic E-state index is 14.4. The second kappa shape index (κ2) is 33.6. The molecule has 11 fully saturated rings. The molecule has 0 spiro atoms. The Kier molecular flexibility index (Phi) is 26.0. The van der Waals surface area contributed by atoms with Crippen molar-refractivity contribution in [1.29, 1.82) is 0 Å². The number of rotatable bonds is 6. The van der Waals surface area contributed by atoms with Gasteiger partial charge in [-0.15, -0.1) is 0 Å². The van der Waals surface area contributed by atoms with Crippen molar-refractivity contribution in [2.45, 2.75) is 381 Å². The molecular weight excluding hydrogens is 1980 g/mol. The third-order valence-corrected chi connectivity index (χ3v) is 43.7.